The second kappa shape index (κ2) is 9.53. The predicted molar refractivity (Wildman–Crippen MR) is 80.3 cm³/mol. The van der Waals surface area contributed by atoms with Gasteiger partial charge in [-0.1, -0.05) is 39.5 Å². The Morgan fingerprint density at radius 1 is 1.15 bits per heavy atom. The standard InChI is InChI=1S/C15H27N3O2/c1-5-7-8-9-10-12(16-6-2)14-15(20-4)18-13(19-3)11-17-14/h11-12,16H,5-10H2,1-4H3. The number of hydrogen-bond donors (Lipinski definition) is 1. The van der Waals surface area contributed by atoms with Crippen molar-refractivity contribution in [1.82, 2.24) is 15.3 Å². The highest BCUT2D eigenvalue weighted by molar-refractivity contribution is 5.25. The number of hydrogen-bond acceptors (Lipinski definition) is 5. The van der Waals surface area contributed by atoms with Crippen molar-refractivity contribution in [3.63, 3.8) is 0 Å². The first-order chi connectivity index (χ1) is 9.76. The molecule has 5 heteroatoms. The van der Waals surface area contributed by atoms with Crippen LogP contribution in [0, 0.1) is 0 Å². The van der Waals surface area contributed by atoms with Crippen molar-refractivity contribution >= 4 is 0 Å². The molecule has 0 aliphatic heterocycles. The molecule has 1 heterocycles. The van der Waals surface area contributed by atoms with E-state index in [1.807, 2.05) is 0 Å². The van der Waals surface area contributed by atoms with Crippen molar-refractivity contribution in [2.75, 3.05) is 20.8 Å². The van der Waals surface area contributed by atoms with E-state index >= 15 is 0 Å². The van der Waals surface area contributed by atoms with Gasteiger partial charge in [0.15, 0.2) is 0 Å². The largest absolute Gasteiger partial charge is 0.480 e. The van der Waals surface area contributed by atoms with Crippen molar-refractivity contribution in [2.24, 2.45) is 0 Å². The number of aromatic nitrogens is 2. The number of rotatable bonds is 10. The number of unbranched alkanes of at least 4 members (excludes halogenated alkanes) is 3. The maximum Gasteiger partial charge on any atom is 0.240 e. The van der Waals surface area contributed by atoms with E-state index in [2.05, 4.69) is 29.1 Å². The average molecular weight is 281 g/mol. The van der Waals surface area contributed by atoms with E-state index in [0.29, 0.717) is 11.8 Å². The molecule has 5 nitrogen and oxygen atoms in total. The Morgan fingerprint density at radius 3 is 2.55 bits per heavy atom. The molecule has 0 radical (unpaired) electrons. The van der Waals surface area contributed by atoms with Crippen molar-refractivity contribution < 1.29 is 9.47 Å². The third kappa shape index (κ3) is 4.96. The summed E-state index contributed by atoms with van der Waals surface area (Å²) < 4.78 is 10.4. The summed E-state index contributed by atoms with van der Waals surface area (Å²) in [4.78, 5) is 8.77. The monoisotopic (exact) mass is 281 g/mol. The van der Waals surface area contributed by atoms with E-state index in [1.54, 1.807) is 20.4 Å². The molecule has 0 fully saturated rings. The maximum absolute atomic E-state index is 5.35. The van der Waals surface area contributed by atoms with Crippen LogP contribution in [0.1, 0.15) is 57.7 Å². The van der Waals surface area contributed by atoms with Gasteiger partial charge in [-0.25, -0.2) is 4.98 Å². The van der Waals surface area contributed by atoms with Gasteiger partial charge >= 0.3 is 0 Å². The summed E-state index contributed by atoms with van der Waals surface area (Å²) in [6.45, 7) is 5.22. The summed E-state index contributed by atoms with van der Waals surface area (Å²) in [5, 5.41) is 3.46. The van der Waals surface area contributed by atoms with E-state index < -0.39 is 0 Å². The molecule has 0 aliphatic rings. The van der Waals surface area contributed by atoms with Gasteiger partial charge in [0.2, 0.25) is 11.8 Å². The molecule has 0 amide bonds. The van der Waals surface area contributed by atoms with Crippen LogP contribution in [-0.4, -0.2) is 30.7 Å². The number of ether oxygens (including phenoxy) is 2. The van der Waals surface area contributed by atoms with Crippen LogP contribution >= 0.6 is 0 Å². The minimum Gasteiger partial charge on any atom is -0.480 e. The van der Waals surface area contributed by atoms with Gasteiger partial charge in [-0.15, -0.1) is 0 Å². The van der Waals surface area contributed by atoms with Crippen molar-refractivity contribution in [2.45, 2.75) is 52.0 Å². The minimum absolute atomic E-state index is 0.185. The fourth-order valence-corrected chi connectivity index (χ4v) is 2.21. The molecule has 1 aromatic heterocycles. The summed E-state index contributed by atoms with van der Waals surface area (Å²) in [5.41, 5.74) is 0.867. The Bertz CT molecular complexity index is 385. The highest BCUT2D eigenvalue weighted by Crippen LogP contribution is 2.26. The maximum atomic E-state index is 5.35. The molecule has 1 rings (SSSR count). The first kappa shape index (κ1) is 16.7. The zero-order chi connectivity index (χ0) is 14.8. The van der Waals surface area contributed by atoms with Crippen molar-refractivity contribution in [3.05, 3.63) is 11.9 Å². The van der Waals surface area contributed by atoms with Crippen molar-refractivity contribution in [1.29, 1.82) is 0 Å². The summed E-state index contributed by atoms with van der Waals surface area (Å²) in [7, 11) is 3.20. The van der Waals surface area contributed by atoms with Gasteiger partial charge in [0.25, 0.3) is 0 Å². The number of nitrogens with one attached hydrogen (secondary N) is 1. The topological polar surface area (TPSA) is 56.3 Å². The second-order valence-electron chi connectivity index (χ2n) is 4.77. The van der Waals surface area contributed by atoms with Crippen LogP contribution in [0.2, 0.25) is 0 Å². The Morgan fingerprint density at radius 2 is 1.95 bits per heavy atom. The molecule has 1 atom stereocenters. The van der Waals surface area contributed by atoms with Gasteiger partial charge in [0.1, 0.15) is 5.69 Å². The molecule has 0 saturated carbocycles. The highest BCUT2D eigenvalue weighted by Gasteiger charge is 2.18. The fourth-order valence-electron chi connectivity index (χ4n) is 2.21. The Labute approximate surface area is 122 Å². The minimum atomic E-state index is 0.185. The normalized spacial score (nSPS) is 12.2. The SMILES string of the molecule is CCCCCCC(NCC)c1ncc(OC)nc1OC. The molecule has 1 unspecified atom stereocenters. The van der Waals surface area contributed by atoms with Crippen LogP contribution in [0.3, 0.4) is 0 Å². The lowest BCUT2D eigenvalue weighted by molar-refractivity contribution is 0.346. The van der Waals surface area contributed by atoms with Gasteiger partial charge in [-0.2, -0.15) is 4.98 Å². The first-order valence-electron chi connectivity index (χ1n) is 7.45. The summed E-state index contributed by atoms with van der Waals surface area (Å²) in [5.74, 6) is 1.03. The summed E-state index contributed by atoms with van der Waals surface area (Å²) >= 11 is 0. The van der Waals surface area contributed by atoms with Gasteiger partial charge < -0.3 is 14.8 Å². The number of methoxy groups -OCH3 is 2. The van der Waals surface area contributed by atoms with Crippen LogP contribution in [0.25, 0.3) is 0 Å². The molecule has 0 aromatic carbocycles. The van der Waals surface area contributed by atoms with Crippen LogP contribution in [-0.2, 0) is 0 Å². The molecular weight excluding hydrogens is 254 g/mol. The second-order valence-corrected chi connectivity index (χ2v) is 4.77. The van der Waals surface area contributed by atoms with Crippen LogP contribution in [0.4, 0.5) is 0 Å². The quantitative estimate of drug-likeness (QED) is 0.668. The molecule has 20 heavy (non-hydrogen) atoms. The third-order valence-corrected chi connectivity index (χ3v) is 3.27. The molecule has 0 saturated heterocycles. The molecule has 1 aromatic rings. The van der Waals surface area contributed by atoms with E-state index in [9.17, 15) is 0 Å². The molecule has 0 bridgehead atoms. The highest BCUT2D eigenvalue weighted by atomic mass is 16.5. The summed E-state index contributed by atoms with van der Waals surface area (Å²) in [6.07, 6.45) is 7.66. The zero-order valence-electron chi connectivity index (χ0n) is 13.1. The smallest absolute Gasteiger partial charge is 0.240 e. The molecule has 1 N–H and O–H groups in total. The van der Waals surface area contributed by atoms with E-state index in [4.69, 9.17) is 9.47 Å². The molecule has 0 aliphatic carbocycles. The van der Waals surface area contributed by atoms with E-state index in [1.165, 1.54) is 25.7 Å². The number of nitrogens with zero attached hydrogens (tertiary/aromatic N) is 2. The third-order valence-electron chi connectivity index (χ3n) is 3.27. The van der Waals surface area contributed by atoms with Gasteiger partial charge in [0, 0.05) is 0 Å². The van der Waals surface area contributed by atoms with Gasteiger partial charge in [0.05, 0.1) is 26.5 Å². The Balaban J connectivity index is 2.78. The van der Waals surface area contributed by atoms with Crippen molar-refractivity contribution in [3.8, 4) is 11.8 Å². The fraction of sp³-hybridized carbons (Fsp3) is 0.733. The lowest BCUT2D eigenvalue weighted by Gasteiger charge is -2.19. The average Bonchev–Trinajstić information content (AvgIpc) is 2.49. The Kier molecular flexibility index (Phi) is 7.95. The van der Waals surface area contributed by atoms with Crippen LogP contribution in [0.15, 0.2) is 6.20 Å². The van der Waals surface area contributed by atoms with Gasteiger partial charge in [-0.05, 0) is 13.0 Å². The summed E-state index contributed by atoms with van der Waals surface area (Å²) in [6, 6.07) is 0.185. The van der Waals surface area contributed by atoms with E-state index in [-0.39, 0.29) is 6.04 Å². The molecular formula is C15H27N3O2. The zero-order valence-corrected chi connectivity index (χ0v) is 13.1. The van der Waals surface area contributed by atoms with E-state index in [0.717, 1.165) is 18.7 Å². The molecule has 114 valence electrons. The molecule has 0 spiro atoms. The van der Waals surface area contributed by atoms with Gasteiger partial charge in [-0.3, -0.25) is 0 Å². The predicted octanol–water partition coefficient (Wildman–Crippen LogP) is 3.11. The van der Waals surface area contributed by atoms with Crippen LogP contribution < -0.4 is 14.8 Å². The lowest BCUT2D eigenvalue weighted by atomic mass is 10.0. The first-order valence-corrected chi connectivity index (χ1v) is 7.45. The Hall–Kier alpha value is -1.36. The lowest BCUT2D eigenvalue weighted by Crippen LogP contribution is -2.23. The van der Waals surface area contributed by atoms with Crippen LogP contribution in [0.5, 0.6) is 11.8 Å².